The molecular weight excluding hydrogens is 477 g/mol. The first kappa shape index (κ1) is 29.5. The van der Waals surface area contributed by atoms with E-state index in [0.717, 1.165) is 13.8 Å². The maximum atomic E-state index is 13.6. The second-order valence-electron chi connectivity index (χ2n) is 9.46. The number of amides is 1. The lowest BCUT2D eigenvalue weighted by Gasteiger charge is -2.24. The lowest BCUT2D eigenvalue weighted by atomic mass is 9.98. The van der Waals surface area contributed by atoms with Gasteiger partial charge in [0.05, 0.1) is 10.8 Å². The Balaban J connectivity index is 3.13. The summed E-state index contributed by atoms with van der Waals surface area (Å²) in [5.41, 5.74) is -3.42. The molecule has 1 aliphatic rings. The van der Waals surface area contributed by atoms with Gasteiger partial charge in [-0.3, -0.25) is 37.6 Å². The van der Waals surface area contributed by atoms with E-state index in [4.69, 9.17) is 28.1 Å². The van der Waals surface area contributed by atoms with Crippen molar-refractivity contribution in [1.29, 1.82) is 0 Å². The van der Waals surface area contributed by atoms with Crippen molar-refractivity contribution in [2.24, 2.45) is 10.8 Å². The summed E-state index contributed by atoms with van der Waals surface area (Å²) in [5, 5.41) is 0.454. The van der Waals surface area contributed by atoms with Crippen LogP contribution in [0.4, 0.5) is 0 Å². The van der Waals surface area contributed by atoms with Gasteiger partial charge in [-0.1, -0.05) is 0 Å². The molecule has 0 aromatic heterocycles. The third-order valence-electron chi connectivity index (χ3n) is 4.17. The summed E-state index contributed by atoms with van der Waals surface area (Å²) < 4.78 is 38.9. The first-order valence-corrected chi connectivity index (χ1v) is 11.9. The predicted molar refractivity (Wildman–Crippen MR) is 113 cm³/mol. The van der Waals surface area contributed by atoms with Gasteiger partial charge in [0, 0.05) is 20.3 Å². The fourth-order valence-corrected chi connectivity index (χ4v) is 4.08. The SMILES string of the molecule is CC(=O)O[C@H]1C[C@H](P(=O)(OCOC(=O)C(C)(C)C)OCOC(=O)C(C)(C)C)C(=O)N1OC(C)=O. The fraction of sp³-hybridized carbons (Fsp3) is 0.750. The lowest BCUT2D eigenvalue weighted by Crippen LogP contribution is -2.38. The average molecular weight is 509 g/mol. The van der Waals surface area contributed by atoms with E-state index in [0.29, 0.717) is 5.06 Å². The number of carbonyl (C=O) groups excluding carboxylic acids is 5. The highest BCUT2D eigenvalue weighted by atomic mass is 31.2. The van der Waals surface area contributed by atoms with Crippen LogP contribution < -0.4 is 0 Å². The Kier molecular flexibility index (Phi) is 9.80. The van der Waals surface area contributed by atoms with E-state index in [9.17, 15) is 28.5 Å². The molecule has 0 aromatic rings. The highest BCUT2D eigenvalue weighted by molar-refractivity contribution is 7.55. The Morgan fingerprint density at radius 2 is 1.32 bits per heavy atom. The monoisotopic (exact) mass is 509 g/mol. The summed E-state index contributed by atoms with van der Waals surface area (Å²) in [4.78, 5) is 64.6. The minimum atomic E-state index is -4.53. The van der Waals surface area contributed by atoms with Crippen LogP contribution in [0.2, 0.25) is 0 Å². The van der Waals surface area contributed by atoms with E-state index in [2.05, 4.69) is 0 Å². The highest BCUT2D eigenvalue weighted by Crippen LogP contribution is 2.57. The molecule has 14 heteroatoms. The van der Waals surface area contributed by atoms with Crippen molar-refractivity contribution in [3.8, 4) is 0 Å². The molecule has 1 fully saturated rings. The van der Waals surface area contributed by atoms with Crippen molar-refractivity contribution in [3.05, 3.63) is 0 Å². The summed E-state index contributed by atoms with van der Waals surface area (Å²) in [6.45, 7) is 9.86. The summed E-state index contributed by atoms with van der Waals surface area (Å²) >= 11 is 0. The zero-order valence-electron chi connectivity index (χ0n) is 20.6. The third-order valence-corrected chi connectivity index (χ3v) is 6.30. The number of hydrogen-bond donors (Lipinski definition) is 0. The molecule has 0 saturated carbocycles. The van der Waals surface area contributed by atoms with Crippen molar-refractivity contribution in [2.75, 3.05) is 13.6 Å². The number of hydrogen-bond acceptors (Lipinski definition) is 12. The molecule has 34 heavy (non-hydrogen) atoms. The first-order chi connectivity index (χ1) is 15.4. The Hall–Kier alpha value is -2.50. The van der Waals surface area contributed by atoms with E-state index in [1.807, 2.05) is 0 Å². The molecule has 0 aliphatic carbocycles. The molecule has 1 amide bonds. The summed E-state index contributed by atoms with van der Waals surface area (Å²) in [7, 11) is -4.53. The fourth-order valence-electron chi connectivity index (χ4n) is 2.43. The van der Waals surface area contributed by atoms with Crippen molar-refractivity contribution < 1.29 is 56.6 Å². The molecule has 1 saturated heterocycles. The quantitative estimate of drug-likeness (QED) is 0.193. The molecule has 0 N–H and O–H groups in total. The van der Waals surface area contributed by atoms with Crippen LogP contribution >= 0.6 is 7.60 Å². The van der Waals surface area contributed by atoms with Crippen LogP contribution in [0.1, 0.15) is 61.8 Å². The van der Waals surface area contributed by atoms with E-state index in [1.54, 1.807) is 41.5 Å². The van der Waals surface area contributed by atoms with Crippen LogP contribution in [-0.4, -0.2) is 60.3 Å². The summed E-state index contributed by atoms with van der Waals surface area (Å²) in [6, 6.07) is 0. The summed E-state index contributed by atoms with van der Waals surface area (Å²) in [5.74, 6) is -4.12. The second-order valence-corrected chi connectivity index (χ2v) is 11.7. The Labute approximate surface area is 197 Å². The highest BCUT2D eigenvalue weighted by Gasteiger charge is 2.55. The molecule has 1 aliphatic heterocycles. The van der Waals surface area contributed by atoms with Gasteiger partial charge in [-0.25, -0.2) is 0 Å². The zero-order chi connectivity index (χ0) is 26.5. The van der Waals surface area contributed by atoms with Gasteiger partial charge in [0.1, 0.15) is 5.66 Å². The molecule has 1 heterocycles. The zero-order valence-corrected chi connectivity index (χ0v) is 21.5. The molecule has 1 rings (SSSR count). The van der Waals surface area contributed by atoms with Gasteiger partial charge in [-0.2, -0.15) is 0 Å². The van der Waals surface area contributed by atoms with Crippen LogP contribution in [0, 0.1) is 10.8 Å². The first-order valence-electron chi connectivity index (χ1n) is 10.3. The van der Waals surface area contributed by atoms with Crippen LogP contribution in [0.15, 0.2) is 0 Å². The number of hydroxylamine groups is 2. The maximum Gasteiger partial charge on any atom is 0.349 e. The molecule has 0 spiro atoms. The van der Waals surface area contributed by atoms with E-state index in [1.165, 1.54) is 0 Å². The molecule has 0 radical (unpaired) electrons. The molecule has 0 unspecified atom stereocenters. The smallest absolute Gasteiger partial charge is 0.349 e. The molecule has 194 valence electrons. The number of rotatable bonds is 9. The average Bonchev–Trinajstić information content (AvgIpc) is 2.95. The second kappa shape index (κ2) is 11.3. The molecule has 0 aromatic carbocycles. The number of esters is 3. The van der Waals surface area contributed by atoms with Crippen molar-refractivity contribution >= 4 is 37.4 Å². The Morgan fingerprint density at radius 3 is 1.68 bits per heavy atom. The molecule has 0 bridgehead atoms. The Bertz CT molecular complexity index is 821. The van der Waals surface area contributed by atoms with Crippen LogP contribution in [0.25, 0.3) is 0 Å². The van der Waals surface area contributed by atoms with E-state index in [-0.39, 0.29) is 0 Å². The predicted octanol–water partition coefficient (Wildman–Crippen LogP) is 2.27. The van der Waals surface area contributed by atoms with Crippen LogP contribution in [0.5, 0.6) is 0 Å². The largest absolute Gasteiger partial charge is 0.438 e. The summed E-state index contributed by atoms with van der Waals surface area (Å²) in [6.07, 6.45) is -1.85. The van der Waals surface area contributed by atoms with Gasteiger partial charge in [0.15, 0.2) is 0 Å². The normalized spacial score (nSPS) is 18.9. The number of nitrogens with zero attached hydrogens (tertiary/aromatic N) is 1. The topological polar surface area (TPSA) is 161 Å². The van der Waals surface area contributed by atoms with Gasteiger partial charge in [-0.15, -0.1) is 5.06 Å². The number of ether oxygens (including phenoxy) is 3. The Morgan fingerprint density at radius 1 is 0.882 bits per heavy atom. The lowest BCUT2D eigenvalue weighted by molar-refractivity contribution is -0.225. The van der Waals surface area contributed by atoms with Gasteiger partial charge in [0.2, 0.25) is 19.8 Å². The third kappa shape index (κ3) is 8.37. The van der Waals surface area contributed by atoms with Crippen LogP contribution in [-0.2, 0) is 56.6 Å². The standard InChI is InChI=1S/C20H32NO12P/c1-12(22)32-15-9-14(16(24)21(15)33-13(2)23)34(27,30-10-28-17(25)19(3,4)5)31-11-29-18(26)20(6,7)8/h14-15H,9-11H2,1-8H3/t14-,15-/m0/s1. The van der Waals surface area contributed by atoms with Crippen molar-refractivity contribution in [1.82, 2.24) is 5.06 Å². The van der Waals surface area contributed by atoms with Crippen LogP contribution in [0.3, 0.4) is 0 Å². The van der Waals surface area contributed by atoms with Gasteiger partial charge in [-0.05, 0) is 41.5 Å². The van der Waals surface area contributed by atoms with Crippen molar-refractivity contribution in [3.63, 3.8) is 0 Å². The minimum Gasteiger partial charge on any atom is -0.438 e. The van der Waals surface area contributed by atoms with Crippen molar-refractivity contribution in [2.45, 2.75) is 73.7 Å². The minimum absolute atomic E-state index is 0.441. The van der Waals surface area contributed by atoms with Gasteiger partial charge >= 0.3 is 31.5 Å². The molecular formula is C20H32NO12P. The molecule has 13 nitrogen and oxygen atoms in total. The van der Waals surface area contributed by atoms with E-state index >= 15 is 0 Å². The van der Waals surface area contributed by atoms with Gasteiger partial charge in [0.25, 0.3) is 5.91 Å². The number of carbonyl (C=O) groups is 5. The van der Waals surface area contributed by atoms with E-state index < -0.39 is 80.1 Å². The van der Waals surface area contributed by atoms with Gasteiger partial charge < -0.3 is 19.0 Å². The molecule has 2 atom stereocenters. The maximum absolute atomic E-state index is 13.6.